The van der Waals surface area contributed by atoms with Crippen molar-refractivity contribution in [2.24, 2.45) is 0 Å². The highest BCUT2D eigenvalue weighted by molar-refractivity contribution is 5.96. The highest BCUT2D eigenvalue weighted by Crippen LogP contribution is 2.24. The highest BCUT2D eigenvalue weighted by Gasteiger charge is 2.15. The van der Waals surface area contributed by atoms with E-state index in [1.54, 1.807) is 18.3 Å². The highest BCUT2D eigenvalue weighted by atomic mass is 19.1. The average molecular weight is 368 g/mol. The molecule has 2 N–H and O–H groups in total. The van der Waals surface area contributed by atoms with E-state index in [9.17, 15) is 9.18 Å². The second kappa shape index (κ2) is 7.36. The first-order valence-electron chi connectivity index (χ1n) is 8.95. The molecular weight excluding hydrogens is 347 g/mol. The van der Waals surface area contributed by atoms with Gasteiger partial charge in [-0.05, 0) is 42.8 Å². The van der Waals surface area contributed by atoms with Gasteiger partial charge in [-0.25, -0.2) is 9.37 Å². The number of amides is 1. The number of hydrogen-bond acceptors (Lipinski definition) is 4. The number of hydrogen-bond donors (Lipinski definition) is 2. The van der Waals surface area contributed by atoms with Crippen molar-refractivity contribution < 1.29 is 13.9 Å². The first-order valence-corrected chi connectivity index (χ1v) is 8.95. The molecule has 1 aliphatic rings. The molecule has 0 aliphatic carbocycles. The minimum absolute atomic E-state index is 0.155. The van der Waals surface area contributed by atoms with Crippen LogP contribution in [-0.4, -0.2) is 42.2 Å². The van der Waals surface area contributed by atoms with Gasteiger partial charge in [0.2, 0.25) is 5.91 Å². The van der Waals surface area contributed by atoms with Gasteiger partial charge in [0.05, 0.1) is 31.5 Å². The lowest BCUT2D eigenvalue weighted by Gasteiger charge is -2.28. The fourth-order valence-electron chi connectivity index (χ4n) is 3.40. The number of pyridine rings is 1. The van der Waals surface area contributed by atoms with E-state index in [0.29, 0.717) is 19.0 Å². The Kier molecular flexibility index (Phi) is 4.77. The van der Waals surface area contributed by atoms with Gasteiger partial charge in [-0.15, -0.1) is 0 Å². The molecule has 0 atom stereocenters. The summed E-state index contributed by atoms with van der Waals surface area (Å²) in [5, 5.41) is 3.55. The van der Waals surface area contributed by atoms with Crippen molar-refractivity contribution in [3.8, 4) is 0 Å². The molecule has 140 valence electrons. The Morgan fingerprint density at radius 2 is 2.11 bits per heavy atom. The quantitative estimate of drug-likeness (QED) is 0.743. The van der Waals surface area contributed by atoms with Crippen molar-refractivity contribution in [3.63, 3.8) is 0 Å². The topological polar surface area (TPSA) is 70.2 Å². The van der Waals surface area contributed by atoms with E-state index in [-0.39, 0.29) is 18.1 Å². The number of benzene rings is 1. The Morgan fingerprint density at radius 1 is 1.30 bits per heavy atom. The van der Waals surface area contributed by atoms with Crippen molar-refractivity contribution in [1.82, 2.24) is 9.97 Å². The minimum atomic E-state index is -0.316. The molecule has 27 heavy (non-hydrogen) atoms. The molecule has 1 aromatic carbocycles. The third kappa shape index (κ3) is 3.78. The van der Waals surface area contributed by atoms with Crippen LogP contribution < -0.4 is 10.2 Å². The molecule has 0 unspecified atom stereocenters. The SMILES string of the molecule is Cc1[nH]c2ccc(F)cc2c1CC(=O)Nc1ccc(N2CCOCC2)cn1. The zero-order valence-corrected chi connectivity index (χ0v) is 15.1. The number of anilines is 2. The number of rotatable bonds is 4. The summed E-state index contributed by atoms with van der Waals surface area (Å²) in [6.45, 7) is 4.98. The van der Waals surface area contributed by atoms with Gasteiger partial charge < -0.3 is 19.9 Å². The number of carbonyl (C=O) groups excluding carboxylic acids is 1. The molecule has 1 amide bonds. The number of aromatic amines is 1. The molecule has 2 aromatic heterocycles. The number of halogens is 1. The van der Waals surface area contributed by atoms with Gasteiger partial charge in [-0.1, -0.05) is 0 Å². The predicted octanol–water partition coefficient (Wildman–Crippen LogP) is 3.03. The lowest BCUT2D eigenvalue weighted by atomic mass is 10.1. The van der Waals surface area contributed by atoms with Gasteiger partial charge in [0.25, 0.3) is 0 Å². The fraction of sp³-hybridized carbons (Fsp3) is 0.300. The number of aromatic nitrogens is 2. The summed E-state index contributed by atoms with van der Waals surface area (Å²) in [6.07, 6.45) is 1.91. The van der Waals surface area contributed by atoms with Gasteiger partial charge in [-0.3, -0.25) is 4.79 Å². The van der Waals surface area contributed by atoms with Crippen LogP contribution in [0.25, 0.3) is 10.9 Å². The van der Waals surface area contributed by atoms with E-state index >= 15 is 0 Å². The Hall–Kier alpha value is -2.93. The van der Waals surface area contributed by atoms with Crippen LogP contribution in [0.2, 0.25) is 0 Å². The summed E-state index contributed by atoms with van der Waals surface area (Å²) < 4.78 is 18.9. The van der Waals surface area contributed by atoms with Crippen molar-refractivity contribution in [1.29, 1.82) is 0 Å². The molecule has 0 radical (unpaired) electrons. The number of fused-ring (bicyclic) bond motifs is 1. The van der Waals surface area contributed by atoms with Gasteiger partial charge >= 0.3 is 0 Å². The van der Waals surface area contributed by atoms with Gasteiger partial charge in [-0.2, -0.15) is 0 Å². The maximum Gasteiger partial charge on any atom is 0.230 e. The van der Waals surface area contributed by atoms with Crippen LogP contribution in [0.4, 0.5) is 15.9 Å². The van der Waals surface area contributed by atoms with Gasteiger partial charge in [0.1, 0.15) is 11.6 Å². The largest absolute Gasteiger partial charge is 0.378 e. The molecule has 0 saturated carbocycles. The van der Waals surface area contributed by atoms with Crippen LogP contribution in [0, 0.1) is 12.7 Å². The van der Waals surface area contributed by atoms with E-state index in [1.165, 1.54) is 12.1 Å². The third-order valence-corrected chi connectivity index (χ3v) is 4.81. The zero-order valence-electron chi connectivity index (χ0n) is 15.1. The molecule has 1 aliphatic heterocycles. The molecule has 1 saturated heterocycles. The zero-order chi connectivity index (χ0) is 18.8. The summed E-state index contributed by atoms with van der Waals surface area (Å²) in [4.78, 5) is 22.2. The average Bonchev–Trinajstić information content (AvgIpc) is 2.98. The third-order valence-electron chi connectivity index (χ3n) is 4.81. The number of carbonyl (C=O) groups is 1. The van der Waals surface area contributed by atoms with Crippen molar-refractivity contribution in [3.05, 3.63) is 53.6 Å². The Balaban J connectivity index is 1.45. The summed E-state index contributed by atoms with van der Waals surface area (Å²) in [5.41, 5.74) is 3.50. The Morgan fingerprint density at radius 3 is 2.85 bits per heavy atom. The standard InChI is InChI=1S/C20H21FN4O2/c1-13-16(17-10-14(21)2-4-18(17)23-13)11-20(26)24-19-5-3-15(12-22-19)25-6-8-27-9-7-25/h2-5,10,12,23H,6-9,11H2,1H3,(H,22,24,26). The van der Waals surface area contributed by atoms with E-state index in [1.807, 2.05) is 13.0 Å². The molecule has 0 bridgehead atoms. The first-order chi connectivity index (χ1) is 13.1. The maximum absolute atomic E-state index is 13.6. The summed E-state index contributed by atoms with van der Waals surface area (Å²) in [7, 11) is 0. The number of nitrogens with one attached hydrogen (secondary N) is 2. The van der Waals surface area contributed by atoms with Gasteiger partial charge in [0, 0.05) is 29.7 Å². The second-order valence-electron chi connectivity index (χ2n) is 6.64. The molecule has 1 fully saturated rings. The molecule has 4 rings (SSSR count). The number of morpholine rings is 1. The van der Waals surface area contributed by atoms with Crippen molar-refractivity contribution in [2.45, 2.75) is 13.3 Å². The van der Waals surface area contributed by atoms with Crippen LogP contribution in [0.15, 0.2) is 36.5 Å². The van der Waals surface area contributed by atoms with Crippen LogP contribution >= 0.6 is 0 Å². The molecule has 0 spiro atoms. The smallest absolute Gasteiger partial charge is 0.230 e. The second-order valence-corrected chi connectivity index (χ2v) is 6.64. The minimum Gasteiger partial charge on any atom is -0.378 e. The molecule has 3 heterocycles. The van der Waals surface area contributed by atoms with E-state index < -0.39 is 0 Å². The summed E-state index contributed by atoms with van der Waals surface area (Å²) in [6, 6.07) is 8.29. The van der Waals surface area contributed by atoms with E-state index in [0.717, 1.165) is 40.9 Å². The van der Waals surface area contributed by atoms with E-state index in [4.69, 9.17) is 4.74 Å². The predicted molar refractivity (Wildman–Crippen MR) is 103 cm³/mol. The van der Waals surface area contributed by atoms with Crippen LogP contribution in [0.5, 0.6) is 0 Å². The van der Waals surface area contributed by atoms with Gasteiger partial charge in [0.15, 0.2) is 0 Å². The number of aryl methyl sites for hydroxylation is 1. The van der Waals surface area contributed by atoms with Crippen LogP contribution in [0.1, 0.15) is 11.3 Å². The maximum atomic E-state index is 13.6. The molecule has 7 heteroatoms. The Labute approximate surface area is 156 Å². The normalized spacial score (nSPS) is 14.5. The molecule has 3 aromatic rings. The Bertz CT molecular complexity index is 962. The monoisotopic (exact) mass is 368 g/mol. The van der Waals surface area contributed by atoms with Crippen LogP contribution in [0.3, 0.4) is 0 Å². The lowest BCUT2D eigenvalue weighted by molar-refractivity contribution is -0.115. The summed E-state index contributed by atoms with van der Waals surface area (Å²) >= 11 is 0. The lowest BCUT2D eigenvalue weighted by Crippen LogP contribution is -2.36. The van der Waals surface area contributed by atoms with Crippen molar-refractivity contribution in [2.75, 3.05) is 36.5 Å². The first kappa shape index (κ1) is 17.5. The van der Waals surface area contributed by atoms with Crippen molar-refractivity contribution >= 4 is 28.3 Å². The van der Waals surface area contributed by atoms with E-state index in [2.05, 4.69) is 20.2 Å². The molecule has 6 nitrogen and oxygen atoms in total. The number of ether oxygens (including phenoxy) is 1. The number of nitrogens with zero attached hydrogens (tertiary/aromatic N) is 2. The summed E-state index contributed by atoms with van der Waals surface area (Å²) in [5.74, 6) is -0.000839. The number of H-pyrrole nitrogens is 1. The molecular formula is C20H21FN4O2. The van der Waals surface area contributed by atoms with Crippen LogP contribution in [-0.2, 0) is 16.0 Å². The fourth-order valence-corrected chi connectivity index (χ4v) is 3.40.